The minimum Gasteiger partial charge on any atom is -0.349 e. The van der Waals surface area contributed by atoms with Gasteiger partial charge in [0.1, 0.15) is 5.82 Å². The molecule has 0 heterocycles. The molecule has 122 valence electrons. The first-order valence-electron chi connectivity index (χ1n) is 6.70. The number of nitrogens with one attached hydrogen (secondary N) is 1. The van der Waals surface area contributed by atoms with E-state index in [9.17, 15) is 22.4 Å². The molecule has 8 heteroatoms. The third kappa shape index (κ3) is 4.04. The lowest BCUT2D eigenvalue weighted by molar-refractivity contribution is -0.182. The highest BCUT2D eigenvalue weighted by molar-refractivity contribution is 6.36. The van der Waals surface area contributed by atoms with Crippen LogP contribution in [0.1, 0.15) is 36.0 Å². The zero-order valence-electron chi connectivity index (χ0n) is 11.3. The average molecular weight is 358 g/mol. The van der Waals surface area contributed by atoms with Crippen molar-refractivity contribution in [1.29, 1.82) is 0 Å². The van der Waals surface area contributed by atoms with Gasteiger partial charge in [0.2, 0.25) is 0 Å². The summed E-state index contributed by atoms with van der Waals surface area (Å²) in [5.74, 6) is -2.72. The zero-order chi connectivity index (χ0) is 16.5. The molecule has 0 spiro atoms. The molecule has 1 fully saturated rings. The largest absolute Gasteiger partial charge is 0.391 e. The Balaban J connectivity index is 1.98. The molecule has 1 aliphatic carbocycles. The van der Waals surface area contributed by atoms with E-state index in [0.717, 1.165) is 12.1 Å². The zero-order valence-corrected chi connectivity index (χ0v) is 12.8. The van der Waals surface area contributed by atoms with E-state index in [1.54, 1.807) is 0 Å². The van der Waals surface area contributed by atoms with Crippen molar-refractivity contribution in [2.45, 2.75) is 37.9 Å². The van der Waals surface area contributed by atoms with Crippen LogP contribution in [0.3, 0.4) is 0 Å². The highest BCUT2D eigenvalue weighted by Crippen LogP contribution is 2.37. The summed E-state index contributed by atoms with van der Waals surface area (Å²) in [6, 6.07) is 1.66. The van der Waals surface area contributed by atoms with E-state index in [4.69, 9.17) is 23.2 Å². The number of alkyl halides is 3. The minimum atomic E-state index is -4.20. The Hall–Kier alpha value is -1.01. The maximum atomic E-state index is 13.4. The maximum Gasteiger partial charge on any atom is 0.391 e. The molecule has 0 saturated heterocycles. The third-order valence-corrected chi connectivity index (χ3v) is 4.38. The first-order chi connectivity index (χ1) is 10.2. The van der Waals surface area contributed by atoms with Gasteiger partial charge in [-0.05, 0) is 37.8 Å². The van der Waals surface area contributed by atoms with Crippen LogP contribution < -0.4 is 5.32 Å². The molecule has 0 unspecified atom stereocenters. The summed E-state index contributed by atoms with van der Waals surface area (Å²) >= 11 is 11.4. The number of carbonyl (C=O) groups excluding carboxylic acids is 1. The molecule has 0 aliphatic heterocycles. The maximum absolute atomic E-state index is 13.4. The van der Waals surface area contributed by atoms with Crippen LogP contribution in [0, 0.1) is 11.7 Å². The lowest BCUT2D eigenvalue weighted by Crippen LogP contribution is -2.40. The van der Waals surface area contributed by atoms with Crippen LogP contribution in [0.4, 0.5) is 17.6 Å². The molecule has 22 heavy (non-hydrogen) atoms. The molecule has 0 radical (unpaired) electrons. The molecular weight excluding hydrogens is 345 g/mol. The van der Waals surface area contributed by atoms with Gasteiger partial charge in [-0.1, -0.05) is 23.2 Å². The number of amides is 1. The standard InChI is InChI=1S/C14H13Cl2F4NO/c15-10-6-11(16)12(17)5-9(10)13(22)21-8-3-1-7(2-4-8)14(18,19)20/h5-8H,1-4H2,(H,21,22). The Morgan fingerprint density at radius 3 is 2.23 bits per heavy atom. The Bertz CT molecular complexity index is 569. The van der Waals surface area contributed by atoms with Gasteiger partial charge in [0.05, 0.1) is 21.5 Å². The Morgan fingerprint density at radius 2 is 1.68 bits per heavy atom. The normalized spacial score (nSPS) is 22.5. The molecule has 0 aromatic heterocycles. The molecule has 1 aliphatic rings. The molecular formula is C14H13Cl2F4NO. The van der Waals surface area contributed by atoms with E-state index in [1.165, 1.54) is 0 Å². The summed E-state index contributed by atoms with van der Waals surface area (Å²) in [6.45, 7) is 0. The fourth-order valence-corrected chi connectivity index (χ4v) is 2.99. The summed E-state index contributed by atoms with van der Waals surface area (Å²) < 4.78 is 51.1. The molecule has 1 aromatic rings. The van der Waals surface area contributed by atoms with Crippen LogP contribution in [0.2, 0.25) is 10.0 Å². The molecule has 1 saturated carbocycles. The first-order valence-corrected chi connectivity index (χ1v) is 7.46. The molecule has 1 amide bonds. The van der Waals surface area contributed by atoms with Gasteiger partial charge >= 0.3 is 6.18 Å². The topological polar surface area (TPSA) is 29.1 Å². The van der Waals surface area contributed by atoms with E-state index >= 15 is 0 Å². The van der Waals surface area contributed by atoms with Crippen molar-refractivity contribution >= 4 is 29.1 Å². The van der Waals surface area contributed by atoms with Crippen LogP contribution in [0.5, 0.6) is 0 Å². The smallest absolute Gasteiger partial charge is 0.349 e. The molecule has 0 atom stereocenters. The van der Waals surface area contributed by atoms with E-state index in [0.29, 0.717) is 0 Å². The molecule has 0 bridgehead atoms. The highest BCUT2D eigenvalue weighted by atomic mass is 35.5. The predicted octanol–water partition coefficient (Wildman–Crippen LogP) is 4.98. The Kier molecular flexibility index (Phi) is 5.22. The Morgan fingerprint density at radius 1 is 1.09 bits per heavy atom. The lowest BCUT2D eigenvalue weighted by Gasteiger charge is -2.30. The summed E-state index contributed by atoms with van der Waals surface area (Å²) in [6.07, 6.45) is -3.81. The molecule has 1 N–H and O–H groups in total. The van der Waals surface area contributed by atoms with Crippen molar-refractivity contribution in [3.05, 3.63) is 33.6 Å². The van der Waals surface area contributed by atoms with E-state index in [1.807, 2.05) is 0 Å². The summed E-state index contributed by atoms with van der Waals surface area (Å²) in [7, 11) is 0. The fraction of sp³-hybridized carbons (Fsp3) is 0.500. The van der Waals surface area contributed by atoms with E-state index < -0.39 is 23.8 Å². The van der Waals surface area contributed by atoms with Gasteiger partial charge in [-0.2, -0.15) is 13.2 Å². The number of carbonyl (C=O) groups is 1. The van der Waals surface area contributed by atoms with Gasteiger partial charge in [0.25, 0.3) is 5.91 Å². The van der Waals surface area contributed by atoms with Crippen LogP contribution in [-0.4, -0.2) is 18.1 Å². The number of hydrogen-bond acceptors (Lipinski definition) is 1. The van der Waals surface area contributed by atoms with E-state index in [2.05, 4.69) is 5.32 Å². The lowest BCUT2D eigenvalue weighted by atomic mass is 9.85. The molecule has 2 nitrogen and oxygen atoms in total. The minimum absolute atomic E-state index is 0.00659. The van der Waals surface area contributed by atoms with Gasteiger partial charge in [0.15, 0.2) is 0 Å². The van der Waals surface area contributed by atoms with Crippen LogP contribution >= 0.6 is 23.2 Å². The number of hydrogen-bond donors (Lipinski definition) is 1. The van der Waals surface area contributed by atoms with E-state index in [-0.39, 0.29) is 47.3 Å². The summed E-state index contributed by atoms with van der Waals surface area (Å²) in [4.78, 5) is 12.0. The summed E-state index contributed by atoms with van der Waals surface area (Å²) in [5, 5.41) is 2.39. The summed E-state index contributed by atoms with van der Waals surface area (Å²) in [5.41, 5.74) is -0.0819. The molecule has 2 rings (SSSR count). The predicted molar refractivity (Wildman–Crippen MR) is 75.7 cm³/mol. The fourth-order valence-electron chi connectivity index (χ4n) is 2.52. The van der Waals surface area contributed by atoms with Crippen molar-refractivity contribution in [2.75, 3.05) is 0 Å². The number of rotatable bonds is 2. The highest BCUT2D eigenvalue weighted by Gasteiger charge is 2.41. The number of halogens is 6. The van der Waals surface area contributed by atoms with Crippen molar-refractivity contribution in [1.82, 2.24) is 5.32 Å². The first kappa shape index (κ1) is 17.3. The van der Waals surface area contributed by atoms with Gasteiger partial charge < -0.3 is 5.32 Å². The second kappa shape index (κ2) is 6.62. The van der Waals surface area contributed by atoms with Crippen molar-refractivity contribution < 1.29 is 22.4 Å². The van der Waals surface area contributed by atoms with Gasteiger partial charge in [-0.3, -0.25) is 4.79 Å². The molecule has 1 aromatic carbocycles. The second-order valence-corrected chi connectivity index (χ2v) is 6.12. The SMILES string of the molecule is O=C(NC1CCC(C(F)(F)F)CC1)c1cc(F)c(Cl)cc1Cl. The van der Waals surface area contributed by atoms with Crippen molar-refractivity contribution in [2.24, 2.45) is 5.92 Å². The Labute approximate surface area is 134 Å². The monoisotopic (exact) mass is 357 g/mol. The van der Waals surface area contributed by atoms with Crippen molar-refractivity contribution in [3.63, 3.8) is 0 Å². The quantitative estimate of drug-likeness (QED) is 0.586. The third-order valence-electron chi connectivity index (χ3n) is 3.78. The number of benzene rings is 1. The van der Waals surface area contributed by atoms with Crippen LogP contribution in [0.15, 0.2) is 12.1 Å². The second-order valence-electron chi connectivity index (χ2n) is 5.31. The van der Waals surface area contributed by atoms with Gasteiger partial charge in [0, 0.05) is 6.04 Å². The van der Waals surface area contributed by atoms with Crippen LogP contribution in [-0.2, 0) is 0 Å². The van der Waals surface area contributed by atoms with Gasteiger partial charge in [-0.25, -0.2) is 4.39 Å². The van der Waals surface area contributed by atoms with Gasteiger partial charge in [-0.15, -0.1) is 0 Å². The average Bonchev–Trinajstić information content (AvgIpc) is 2.42. The van der Waals surface area contributed by atoms with Crippen molar-refractivity contribution in [3.8, 4) is 0 Å². The van der Waals surface area contributed by atoms with Crippen LogP contribution in [0.25, 0.3) is 0 Å².